The van der Waals surface area contributed by atoms with E-state index in [0.717, 1.165) is 0 Å². The fourth-order valence-corrected chi connectivity index (χ4v) is 1.07. The minimum atomic E-state index is 0.0764. The van der Waals surface area contributed by atoms with Crippen LogP contribution in [0.2, 0.25) is 0 Å². The molecule has 1 rings (SSSR count). The summed E-state index contributed by atoms with van der Waals surface area (Å²) in [5, 5.41) is 0. The number of ketones is 1. The van der Waals surface area contributed by atoms with Crippen LogP contribution in [0.25, 0.3) is 0 Å². The highest BCUT2D eigenvalue weighted by atomic mass is 16.2. The predicted octanol–water partition coefficient (Wildman–Crippen LogP) is -0.596. The molecule has 0 aromatic rings. The molecule has 10 heavy (non-hydrogen) atoms. The number of Topliss-reactive ketones (excluding diaryl/α,β-unsaturated/α-hetero) is 1. The molecule has 0 N–H and O–H groups in total. The lowest BCUT2D eigenvalue weighted by Gasteiger charge is -2.24. The van der Waals surface area contributed by atoms with Gasteiger partial charge in [0.2, 0.25) is 7.85 Å². The maximum atomic E-state index is 10.7. The molecule has 0 aromatic carbocycles. The molecule has 0 spiro atoms. The van der Waals surface area contributed by atoms with Crippen LogP contribution in [0, 0.1) is 0 Å². The van der Waals surface area contributed by atoms with Gasteiger partial charge in [-0.1, -0.05) is 0 Å². The molecule has 1 heterocycles. The van der Waals surface area contributed by atoms with Crippen molar-refractivity contribution in [2.75, 3.05) is 13.1 Å². The Labute approximate surface area is 60.8 Å². The molecule has 0 aromatic heterocycles. The van der Waals surface area contributed by atoms with Gasteiger partial charge in [-0.15, -0.1) is 0 Å². The molecular weight excluding hydrogens is 129 g/mol. The number of likely N-dealkylation sites (tertiary alicyclic amines) is 1. The van der Waals surface area contributed by atoms with Gasteiger partial charge in [-0.2, -0.15) is 0 Å². The summed E-state index contributed by atoms with van der Waals surface area (Å²) < 4.78 is 0. The lowest BCUT2D eigenvalue weighted by molar-refractivity contribution is -0.120. The molecule has 0 bridgehead atoms. The zero-order valence-electron chi connectivity index (χ0n) is 6.09. The summed E-state index contributed by atoms with van der Waals surface area (Å²) in [4.78, 5) is 23.1. The van der Waals surface area contributed by atoms with E-state index in [9.17, 15) is 9.59 Å². The first-order valence-electron chi connectivity index (χ1n) is 3.47. The van der Waals surface area contributed by atoms with E-state index in [1.807, 2.05) is 0 Å². The number of rotatable bonds is 0. The van der Waals surface area contributed by atoms with Crippen molar-refractivity contribution in [3.05, 3.63) is 0 Å². The third-order valence-corrected chi connectivity index (χ3v) is 1.77. The van der Waals surface area contributed by atoms with E-state index in [1.54, 1.807) is 4.90 Å². The smallest absolute Gasteiger partial charge is 0.215 e. The van der Waals surface area contributed by atoms with Crippen molar-refractivity contribution in [3.8, 4) is 0 Å². The van der Waals surface area contributed by atoms with E-state index in [1.165, 1.54) is 7.85 Å². The predicted molar refractivity (Wildman–Crippen MR) is 39.8 cm³/mol. The van der Waals surface area contributed by atoms with Crippen LogP contribution in [-0.2, 0) is 4.79 Å². The Morgan fingerprint density at radius 1 is 1.40 bits per heavy atom. The summed E-state index contributed by atoms with van der Waals surface area (Å²) in [6.45, 7) is 1.24. The van der Waals surface area contributed by atoms with Crippen molar-refractivity contribution < 1.29 is 9.59 Å². The number of hydrogen-bond donors (Lipinski definition) is 0. The molecule has 1 amide bonds. The molecule has 0 radical (unpaired) electrons. The van der Waals surface area contributed by atoms with E-state index in [4.69, 9.17) is 0 Å². The second kappa shape index (κ2) is 2.86. The molecule has 1 saturated heterocycles. The molecule has 1 fully saturated rings. The second-order valence-corrected chi connectivity index (χ2v) is 2.54. The Hall–Kier alpha value is -0.795. The number of piperidine rings is 1. The number of amides is 1. The average molecular weight is 139 g/mol. The summed E-state index contributed by atoms with van der Waals surface area (Å²) in [5.41, 5.74) is 0. The fourth-order valence-electron chi connectivity index (χ4n) is 1.07. The highest BCUT2D eigenvalue weighted by Gasteiger charge is 2.16. The van der Waals surface area contributed by atoms with Crippen LogP contribution in [0.5, 0.6) is 0 Å². The number of carbonyl (C=O) groups is 2. The van der Waals surface area contributed by atoms with Crippen LogP contribution in [0.4, 0.5) is 4.79 Å². The monoisotopic (exact) mass is 139 g/mol. The Kier molecular flexibility index (Phi) is 2.09. The van der Waals surface area contributed by atoms with Crippen molar-refractivity contribution in [1.82, 2.24) is 4.90 Å². The molecule has 0 atom stereocenters. The van der Waals surface area contributed by atoms with E-state index in [2.05, 4.69) is 0 Å². The third-order valence-electron chi connectivity index (χ3n) is 1.77. The lowest BCUT2D eigenvalue weighted by Crippen LogP contribution is -2.37. The quantitative estimate of drug-likeness (QED) is 0.420. The molecule has 1 aliphatic rings. The first-order valence-corrected chi connectivity index (χ1v) is 3.47. The van der Waals surface area contributed by atoms with Crippen LogP contribution in [0.15, 0.2) is 0 Å². The highest BCUT2D eigenvalue weighted by Crippen LogP contribution is 2.04. The summed E-state index contributed by atoms with van der Waals surface area (Å²) in [6, 6.07) is 0. The second-order valence-electron chi connectivity index (χ2n) is 2.54. The number of carbonyl (C=O) groups excluding carboxylic acids is 2. The van der Waals surface area contributed by atoms with Gasteiger partial charge in [0, 0.05) is 25.9 Å². The molecule has 4 heteroatoms. The van der Waals surface area contributed by atoms with Crippen molar-refractivity contribution in [1.29, 1.82) is 0 Å². The van der Waals surface area contributed by atoms with Crippen LogP contribution < -0.4 is 0 Å². The van der Waals surface area contributed by atoms with Gasteiger partial charge in [0.15, 0.2) is 5.81 Å². The fraction of sp³-hybridized carbons (Fsp3) is 0.667. The number of hydrogen-bond acceptors (Lipinski definition) is 2. The normalized spacial score (nSPS) is 19.2. The third kappa shape index (κ3) is 1.59. The lowest BCUT2D eigenvalue weighted by atomic mass is 10.0. The summed E-state index contributed by atoms with van der Waals surface area (Å²) in [6.07, 6.45) is 1.08. The van der Waals surface area contributed by atoms with Crippen LogP contribution in [0.3, 0.4) is 0 Å². The largest absolute Gasteiger partial charge is 0.351 e. The van der Waals surface area contributed by atoms with Gasteiger partial charge in [0.1, 0.15) is 5.78 Å². The molecular formula is C6H10BNO2. The molecule has 1 aliphatic heterocycles. The van der Waals surface area contributed by atoms with Crippen molar-refractivity contribution in [3.63, 3.8) is 0 Å². The minimum Gasteiger partial charge on any atom is -0.351 e. The SMILES string of the molecule is BC(=O)N1CCC(=O)CC1. The zero-order chi connectivity index (χ0) is 7.56. The van der Waals surface area contributed by atoms with E-state index < -0.39 is 0 Å². The van der Waals surface area contributed by atoms with Crippen molar-refractivity contribution in [2.45, 2.75) is 12.8 Å². The van der Waals surface area contributed by atoms with Gasteiger partial charge >= 0.3 is 0 Å². The number of nitrogens with zero attached hydrogens (tertiary/aromatic N) is 1. The Bertz CT molecular complexity index is 159. The molecule has 3 nitrogen and oxygen atoms in total. The maximum Gasteiger partial charge on any atom is 0.215 e. The standard InChI is InChI=1S/C6H10BNO2/c7-6(10)8-3-1-5(9)2-4-8/h1-4,7H2. The van der Waals surface area contributed by atoms with Gasteiger partial charge < -0.3 is 4.90 Å². The van der Waals surface area contributed by atoms with E-state index in [-0.39, 0.29) is 11.6 Å². The molecule has 0 saturated carbocycles. The Morgan fingerprint density at radius 2 is 1.90 bits per heavy atom. The molecule has 0 aliphatic carbocycles. The van der Waals surface area contributed by atoms with Crippen LogP contribution in [-0.4, -0.2) is 37.4 Å². The van der Waals surface area contributed by atoms with Crippen molar-refractivity contribution >= 4 is 19.4 Å². The zero-order valence-corrected chi connectivity index (χ0v) is 6.09. The van der Waals surface area contributed by atoms with Gasteiger partial charge in [0.05, 0.1) is 0 Å². The summed E-state index contributed by atoms with van der Waals surface area (Å²) in [7, 11) is 1.54. The van der Waals surface area contributed by atoms with Gasteiger partial charge in [-0.05, 0) is 0 Å². The van der Waals surface area contributed by atoms with Crippen LogP contribution in [0.1, 0.15) is 12.8 Å². The van der Waals surface area contributed by atoms with Crippen molar-refractivity contribution in [2.24, 2.45) is 0 Å². The first kappa shape index (κ1) is 7.31. The van der Waals surface area contributed by atoms with E-state index in [0.29, 0.717) is 25.9 Å². The summed E-state index contributed by atoms with van der Waals surface area (Å²) in [5.74, 6) is 0.352. The summed E-state index contributed by atoms with van der Waals surface area (Å²) >= 11 is 0. The van der Waals surface area contributed by atoms with Gasteiger partial charge in [-0.25, -0.2) is 0 Å². The topological polar surface area (TPSA) is 37.4 Å². The van der Waals surface area contributed by atoms with E-state index >= 15 is 0 Å². The maximum absolute atomic E-state index is 10.7. The van der Waals surface area contributed by atoms with Crippen LogP contribution >= 0.6 is 0 Å². The molecule has 54 valence electrons. The average Bonchev–Trinajstić information content (AvgIpc) is 1.88. The van der Waals surface area contributed by atoms with Gasteiger partial charge in [0.25, 0.3) is 0 Å². The Balaban J connectivity index is 2.40. The molecule has 0 unspecified atom stereocenters. The minimum absolute atomic E-state index is 0.0764. The first-order chi connectivity index (χ1) is 4.70. The highest BCUT2D eigenvalue weighted by molar-refractivity contribution is 6.56. The van der Waals surface area contributed by atoms with Gasteiger partial charge in [-0.3, -0.25) is 9.59 Å². The Morgan fingerprint density at radius 3 is 2.30 bits per heavy atom.